The lowest BCUT2D eigenvalue weighted by Gasteiger charge is -2.23. The smallest absolute Gasteiger partial charge is 0.326 e. The van der Waals surface area contributed by atoms with Crippen LogP contribution in [0.5, 0.6) is 0 Å². The minimum Gasteiger partial charge on any atom is -0.480 e. The van der Waals surface area contributed by atoms with Crippen LogP contribution >= 0.6 is 0 Å². The van der Waals surface area contributed by atoms with Gasteiger partial charge in [0.15, 0.2) is 0 Å². The Hall–Kier alpha value is -3.93. The number of aromatic nitrogens is 1. The second kappa shape index (κ2) is 11.6. The van der Waals surface area contributed by atoms with E-state index >= 15 is 0 Å². The Kier molecular flexibility index (Phi) is 8.92. The lowest BCUT2D eigenvalue weighted by molar-refractivity contribution is -0.142. The normalized spacial score (nSPS) is 13.6. The van der Waals surface area contributed by atoms with Crippen LogP contribution in [0.1, 0.15) is 31.2 Å². The number of para-hydroxylation sites is 1. The first kappa shape index (κ1) is 25.3. The maximum atomic E-state index is 13.0. The van der Waals surface area contributed by atoms with Gasteiger partial charge in [0.2, 0.25) is 23.6 Å². The highest BCUT2D eigenvalue weighted by Gasteiger charge is 2.29. The molecule has 0 aliphatic carbocycles. The number of aromatic amines is 1. The number of nitrogens with two attached hydrogens (primary N) is 3. The zero-order valence-corrected chi connectivity index (χ0v) is 17.9. The van der Waals surface area contributed by atoms with Crippen molar-refractivity contribution in [3.63, 3.8) is 0 Å². The summed E-state index contributed by atoms with van der Waals surface area (Å²) in [7, 11) is 0. The Morgan fingerprint density at radius 2 is 1.52 bits per heavy atom. The molecule has 1 heterocycles. The summed E-state index contributed by atoms with van der Waals surface area (Å²) in [6.45, 7) is 0. The van der Waals surface area contributed by atoms with Crippen LogP contribution in [-0.2, 0) is 30.4 Å². The molecule has 4 amide bonds. The molecule has 2 rings (SSSR count). The van der Waals surface area contributed by atoms with Crippen molar-refractivity contribution < 1.29 is 29.1 Å². The third kappa shape index (κ3) is 7.61. The topological polar surface area (TPSA) is 223 Å². The van der Waals surface area contributed by atoms with Crippen LogP contribution in [0.2, 0.25) is 0 Å². The third-order valence-electron chi connectivity index (χ3n) is 5.06. The maximum Gasteiger partial charge on any atom is 0.326 e. The molecule has 0 saturated carbocycles. The average Bonchev–Trinajstić information content (AvgIpc) is 3.16. The summed E-state index contributed by atoms with van der Waals surface area (Å²) in [5.74, 6) is -4.14. The number of carbonyl (C=O) groups excluding carboxylic acids is 4. The van der Waals surface area contributed by atoms with Crippen molar-refractivity contribution in [1.82, 2.24) is 15.6 Å². The van der Waals surface area contributed by atoms with E-state index in [0.29, 0.717) is 5.56 Å². The van der Waals surface area contributed by atoms with Gasteiger partial charge in [-0.05, 0) is 24.5 Å². The molecule has 33 heavy (non-hydrogen) atoms. The van der Waals surface area contributed by atoms with Gasteiger partial charge in [-0.15, -0.1) is 0 Å². The Morgan fingerprint density at radius 3 is 2.15 bits per heavy atom. The zero-order valence-electron chi connectivity index (χ0n) is 17.9. The van der Waals surface area contributed by atoms with Crippen molar-refractivity contribution in [1.29, 1.82) is 0 Å². The number of amides is 4. The SMILES string of the molecule is NC(=O)CC[C@H](NC(=O)[C@H](Cc1c[nH]c2ccccc12)NC(=O)[C@@H](N)CCC(N)=O)C(=O)O. The van der Waals surface area contributed by atoms with Crippen LogP contribution in [0.3, 0.4) is 0 Å². The number of carboxylic acids is 1. The van der Waals surface area contributed by atoms with Crippen LogP contribution in [0.4, 0.5) is 0 Å². The fourth-order valence-corrected chi connectivity index (χ4v) is 3.25. The van der Waals surface area contributed by atoms with E-state index in [9.17, 15) is 29.1 Å². The van der Waals surface area contributed by atoms with Gasteiger partial charge < -0.3 is 37.9 Å². The van der Waals surface area contributed by atoms with Gasteiger partial charge in [-0.1, -0.05) is 18.2 Å². The van der Waals surface area contributed by atoms with Gasteiger partial charge in [-0.25, -0.2) is 4.79 Å². The van der Waals surface area contributed by atoms with Gasteiger partial charge in [-0.3, -0.25) is 19.2 Å². The van der Waals surface area contributed by atoms with Crippen molar-refractivity contribution in [2.45, 2.75) is 50.2 Å². The zero-order chi connectivity index (χ0) is 24.5. The van der Waals surface area contributed by atoms with Gasteiger partial charge >= 0.3 is 5.97 Å². The molecule has 1 aromatic carbocycles. The molecular weight excluding hydrogens is 432 g/mol. The molecule has 0 fully saturated rings. The first-order valence-corrected chi connectivity index (χ1v) is 10.3. The van der Waals surface area contributed by atoms with Crippen LogP contribution in [-0.4, -0.2) is 57.8 Å². The minimum atomic E-state index is -1.38. The molecule has 0 radical (unpaired) electrons. The molecule has 0 unspecified atom stereocenters. The Balaban J connectivity index is 2.22. The van der Waals surface area contributed by atoms with E-state index in [1.165, 1.54) is 0 Å². The summed E-state index contributed by atoms with van der Waals surface area (Å²) in [6.07, 6.45) is 1.15. The number of hydrogen-bond acceptors (Lipinski definition) is 6. The summed E-state index contributed by atoms with van der Waals surface area (Å²) < 4.78 is 0. The first-order chi connectivity index (χ1) is 15.6. The molecular formula is C21H28N6O6. The van der Waals surface area contributed by atoms with Crippen molar-refractivity contribution in [2.75, 3.05) is 0 Å². The van der Waals surface area contributed by atoms with Crippen LogP contribution in [0.15, 0.2) is 30.5 Å². The van der Waals surface area contributed by atoms with E-state index in [-0.39, 0.29) is 32.1 Å². The van der Waals surface area contributed by atoms with Crippen LogP contribution in [0.25, 0.3) is 10.9 Å². The molecule has 0 bridgehead atoms. The molecule has 12 heteroatoms. The van der Waals surface area contributed by atoms with Crippen molar-refractivity contribution in [2.24, 2.45) is 17.2 Å². The summed E-state index contributed by atoms with van der Waals surface area (Å²) in [4.78, 5) is 62.1. The van der Waals surface area contributed by atoms with Crippen molar-refractivity contribution >= 4 is 40.5 Å². The summed E-state index contributed by atoms with van der Waals surface area (Å²) in [5.41, 5.74) is 17.5. The van der Waals surface area contributed by atoms with Gasteiger partial charge in [0.05, 0.1) is 6.04 Å². The summed E-state index contributed by atoms with van der Waals surface area (Å²) in [6, 6.07) is 3.68. The second-order valence-corrected chi connectivity index (χ2v) is 7.64. The largest absolute Gasteiger partial charge is 0.480 e. The fourth-order valence-electron chi connectivity index (χ4n) is 3.25. The molecule has 12 nitrogen and oxygen atoms in total. The maximum absolute atomic E-state index is 13.0. The van der Waals surface area contributed by atoms with Gasteiger partial charge in [-0.2, -0.15) is 0 Å². The van der Waals surface area contributed by atoms with Gasteiger partial charge in [0, 0.05) is 36.4 Å². The lowest BCUT2D eigenvalue weighted by Crippen LogP contribution is -2.55. The standard InChI is InChI=1S/C21H28N6O6/c22-13(5-7-17(23)28)19(30)27-16(9-11-10-25-14-4-2-1-3-12(11)14)20(31)26-15(21(32)33)6-8-18(24)29/h1-4,10,13,15-16,25H,5-9,22H2,(H2,23,28)(H2,24,29)(H,26,31)(H,27,30)(H,32,33)/t13-,15-,16-/m0/s1. The number of primary amides is 2. The summed E-state index contributed by atoms with van der Waals surface area (Å²) >= 11 is 0. The molecule has 2 aromatic rings. The number of nitrogens with one attached hydrogen (secondary N) is 3. The molecule has 3 atom stereocenters. The first-order valence-electron chi connectivity index (χ1n) is 10.3. The highest BCUT2D eigenvalue weighted by Crippen LogP contribution is 2.19. The van der Waals surface area contributed by atoms with E-state index < -0.39 is 47.7 Å². The molecule has 0 aliphatic heterocycles. The number of carbonyl (C=O) groups is 5. The van der Waals surface area contributed by atoms with Gasteiger partial charge in [0.1, 0.15) is 12.1 Å². The van der Waals surface area contributed by atoms with E-state index in [0.717, 1.165) is 10.9 Å². The number of rotatable bonds is 13. The minimum absolute atomic E-state index is 0.0149. The Labute approximate surface area is 189 Å². The quantitative estimate of drug-likeness (QED) is 0.189. The van der Waals surface area contributed by atoms with E-state index in [1.807, 2.05) is 24.3 Å². The predicted octanol–water partition coefficient (Wildman–Crippen LogP) is -1.38. The lowest BCUT2D eigenvalue weighted by atomic mass is 10.0. The molecule has 0 saturated heterocycles. The molecule has 10 N–H and O–H groups in total. The highest BCUT2D eigenvalue weighted by molar-refractivity contribution is 5.93. The van der Waals surface area contributed by atoms with E-state index in [2.05, 4.69) is 15.6 Å². The Bertz CT molecular complexity index is 1040. The molecule has 0 aliphatic rings. The van der Waals surface area contributed by atoms with E-state index in [4.69, 9.17) is 17.2 Å². The number of hydrogen-bond donors (Lipinski definition) is 7. The highest BCUT2D eigenvalue weighted by atomic mass is 16.4. The number of H-pyrrole nitrogens is 1. The third-order valence-corrected chi connectivity index (χ3v) is 5.06. The van der Waals surface area contributed by atoms with Gasteiger partial charge in [0.25, 0.3) is 0 Å². The predicted molar refractivity (Wildman–Crippen MR) is 118 cm³/mol. The number of benzene rings is 1. The fraction of sp³-hybridized carbons (Fsp3) is 0.381. The molecule has 0 spiro atoms. The van der Waals surface area contributed by atoms with Crippen LogP contribution in [0, 0.1) is 0 Å². The summed E-state index contributed by atoms with van der Waals surface area (Å²) in [5, 5.41) is 15.1. The number of fused-ring (bicyclic) bond motifs is 1. The van der Waals surface area contributed by atoms with E-state index in [1.54, 1.807) is 6.20 Å². The monoisotopic (exact) mass is 460 g/mol. The average molecular weight is 460 g/mol. The Morgan fingerprint density at radius 1 is 0.909 bits per heavy atom. The number of aliphatic carboxylic acids is 1. The molecule has 178 valence electrons. The molecule has 1 aromatic heterocycles. The van der Waals surface area contributed by atoms with Crippen molar-refractivity contribution in [3.8, 4) is 0 Å². The number of carboxylic acid groups (broad SMARTS) is 1. The van der Waals surface area contributed by atoms with Crippen LogP contribution < -0.4 is 27.8 Å². The second-order valence-electron chi connectivity index (χ2n) is 7.64. The van der Waals surface area contributed by atoms with Crippen molar-refractivity contribution in [3.05, 3.63) is 36.0 Å².